The Morgan fingerprint density at radius 2 is 0.933 bits per heavy atom. The van der Waals surface area contributed by atoms with Gasteiger partial charge in [-0.3, -0.25) is 0 Å². The minimum absolute atomic E-state index is 0.0160. The third-order valence-corrected chi connectivity index (χ3v) is 8.96. The van der Waals surface area contributed by atoms with E-state index in [0.29, 0.717) is 13.2 Å². The first-order valence-electron chi connectivity index (χ1n) is 17.9. The Bertz CT molecular complexity index is 1360. The molecule has 0 aliphatic rings. The third-order valence-electron chi connectivity index (χ3n) is 8.96. The van der Waals surface area contributed by atoms with E-state index in [2.05, 4.69) is 54.8 Å². The molecule has 0 aliphatic heterocycles. The molecule has 0 atom stereocenters. The van der Waals surface area contributed by atoms with Crippen molar-refractivity contribution in [2.24, 2.45) is 0 Å². The van der Waals surface area contributed by atoms with E-state index in [-0.39, 0.29) is 13.2 Å². The molecule has 0 aliphatic carbocycles. The number of aromatic nitrogens is 1. The third kappa shape index (κ3) is 10.2. The minimum atomic E-state index is -0.0160. The molecule has 0 unspecified atom stereocenters. The van der Waals surface area contributed by atoms with Crippen molar-refractivity contribution in [1.29, 1.82) is 0 Å². The molecular weight excluding hydrogens is 558 g/mol. The average Bonchev–Trinajstić information content (AvgIpc) is 3.39. The van der Waals surface area contributed by atoms with E-state index >= 15 is 0 Å². The monoisotopic (exact) mass is 615 g/mol. The number of benzene rings is 3. The Balaban J connectivity index is 1.52. The van der Waals surface area contributed by atoms with Crippen molar-refractivity contribution in [3.8, 4) is 17.2 Å². The zero-order chi connectivity index (χ0) is 31.7. The quantitative estimate of drug-likeness (QED) is 0.0815. The number of nitrogens with zero attached hydrogens (tertiary/aromatic N) is 1. The number of unbranched alkanes of at least 4 members (excludes halogenated alkanes) is 14. The Kier molecular flexibility index (Phi) is 15.1. The molecule has 0 saturated carbocycles. The maximum Gasteiger partial charge on any atom is 0.163 e. The first kappa shape index (κ1) is 34.8. The lowest BCUT2D eigenvalue weighted by Crippen LogP contribution is -2.04. The number of hydrogen-bond donors (Lipinski definition) is 2. The van der Waals surface area contributed by atoms with Crippen molar-refractivity contribution in [3.63, 3.8) is 0 Å². The fourth-order valence-electron chi connectivity index (χ4n) is 6.29. The van der Waals surface area contributed by atoms with Crippen molar-refractivity contribution < 1.29 is 19.7 Å². The van der Waals surface area contributed by atoms with Crippen LogP contribution in [0.2, 0.25) is 0 Å². The second kappa shape index (κ2) is 19.5. The number of aliphatic hydroxyl groups excluding tert-OH is 2. The zero-order valence-electron chi connectivity index (χ0n) is 28.0. The van der Waals surface area contributed by atoms with Gasteiger partial charge < -0.3 is 24.3 Å². The van der Waals surface area contributed by atoms with Crippen molar-refractivity contribution in [2.45, 2.75) is 130 Å². The van der Waals surface area contributed by atoms with Gasteiger partial charge in [0.1, 0.15) is 0 Å². The van der Waals surface area contributed by atoms with E-state index in [1.54, 1.807) is 0 Å². The lowest BCUT2D eigenvalue weighted by Gasteiger charge is -2.16. The zero-order valence-corrected chi connectivity index (χ0v) is 28.0. The number of hydrogen-bond acceptors (Lipinski definition) is 4. The van der Waals surface area contributed by atoms with E-state index in [1.807, 2.05) is 18.2 Å². The fraction of sp³-hybridized carbons (Fsp3) is 0.550. The smallest absolute Gasteiger partial charge is 0.163 e. The molecule has 1 aromatic heterocycles. The molecule has 0 bridgehead atoms. The van der Waals surface area contributed by atoms with Crippen LogP contribution in [0, 0.1) is 0 Å². The van der Waals surface area contributed by atoms with Gasteiger partial charge in [0, 0.05) is 16.8 Å². The Labute approximate surface area is 271 Å². The van der Waals surface area contributed by atoms with Gasteiger partial charge in [-0.15, -0.1) is 0 Å². The number of ether oxygens (including phenoxy) is 2. The van der Waals surface area contributed by atoms with Crippen LogP contribution >= 0.6 is 0 Å². The van der Waals surface area contributed by atoms with E-state index in [4.69, 9.17) is 9.47 Å². The van der Waals surface area contributed by atoms with Gasteiger partial charge in [-0.1, -0.05) is 128 Å². The van der Waals surface area contributed by atoms with Crippen LogP contribution in [0.15, 0.2) is 54.6 Å². The Hall–Kier alpha value is -3.02. The molecule has 0 amide bonds. The molecule has 0 spiro atoms. The van der Waals surface area contributed by atoms with Crippen LogP contribution in [0.5, 0.6) is 11.5 Å². The van der Waals surface area contributed by atoms with Crippen molar-refractivity contribution in [1.82, 2.24) is 4.57 Å². The van der Waals surface area contributed by atoms with E-state index < -0.39 is 0 Å². The molecular formula is C40H57NO4. The van der Waals surface area contributed by atoms with Gasteiger partial charge in [0.25, 0.3) is 0 Å². The van der Waals surface area contributed by atoms with Crippen molar-refractivity contribution in [3.05, 3.63) is 65.7 Å². The second-order valence-electron chi connectivity index (χ2n) is 12.6. The molecule has 246 valence electrons. The molecule has 0 fully saturated rings. The Morgan fingerprint density at radius 3 is 1.40 bits per heavy atom. The van der Waals surface area contributed by atoms with Crippen LogP contribution < -0.4 is 9.47 Å². The molecule has 4 aromatic rings. The summed E-state index contributed by atoms with van der Waals surface area (Å²) in [6.45, 7) is 5.86. The summed E-state index contributed by atoms with van der Waals surface area (Å²) in [5.74, 6) is 1.58. The van der Waals surface area contributed by atoms with Crippen LogP contribution in [-0.2, 0) is 13.2 Å². The normalized spacial score (nSPS) is 11.6. The fourth-order valence-corrected chi connectivity index (χ4v) is 6.29. The van der Waals surface area contributed by atoms with Gasteiger partial charge in [0.15, 0.2) is 11.5 Å². The highest BCUT2D eigenvalue weighted by Gasteiger charge is 2.16. The lowest BCUT2D eigenvalue weighted by molar-refractivity contribution is 0.258. The Morgan fingerprint density at radius 1 is 0.489 bits per heavy atom. The minimum Gasteiger partial charge on any atom is -0.490 e. The summed E-state index contributed by atoms with van der Waals surface area (Å²) in [5, 5.41) is 22.1. The second-order valence-corrected chi connectivity index (χ2v) is 12.6. The predicted molar refractivity (Wildman–Crippen MR) is 189 cm³/mol. The van der Waals surface area contributed by atoms with E-state index in [0.717, 1.165) is 63.0 Å². The molecule has 2 N–H and O–H groups in total. The maximum atomic E-state index is 9.91. The molecule has 0 radical (unpaired) electrons. The first-order chi connectivity index (χ1) is 22.2. The van der Waals surface area contributed by atoms with Crippen LogP contribution in [0.4, 0.5) is 0 Å². The summed E-state index contributed by atoms with van der Waals surface area (Å²) in [7, 11) is 0. The summed E-state index contributed by atoms with van der Waals surface area (Å²) >= 11 is 0. The summed E-state index contributed by atoms with van der Waals surface area (Å²) in [6.07, 6.45) is 20.3. The summed E-state index contributed by atoms with van der Waals surface area (Å²) < 4.78 is 15.0. The number of fused-ring (bicyclic) bond motifs is 3. The standard InChI is InChI=1S/C40H57NO4/c1-3-5-7-9-11-13-15-17-25-44-39-24-21-34(29-40(39)45-26-18-16-14-12-10-8-6-4-2)41-37-27-32(30-42)19-22-35(37)36-23-20-33(31-43)28-38(36)41/h19-24,27-29,42-43H,3-18,25-26,30-31H2,1-2H3. The van der Waals surface area contributed by atoms with Crippen molar-refractivity contribution >= 4 is 21.8 Å². The largest absolute Gasteiger partial charge is 0.490 e. The van der Waals surface area contributed by atoms with Gasteiger partial charge >= 0.3 is 0 Å². The molecule has 4 rings (SSSR count). The SMILES string of the molecule is CCCCCCCCCCOc1ccc(-n2c3cc(CO)ccc3c3ccc(CO)cc32)cc1OCCCCCCCCCC. The number of aliphatic hydroxyl groups is 2. The first-order valence-corrected chi connectivity index (χ1v) is 17.9. The maximum absolute atomic E-state index is 9.91. The summed E-state index contributed by atoms with van der Waals surface area (Å²) in [6, 6.07) is 18.5. The molecule has 5 nitrogen and oxygen atoms in total. The van der Waals surface area contributed by atoms with E-state index in [1.165, 1.54) is 89.9 Å². The highest BCUT2D eigenvalue weighted by atomic mass is 16.5. The predicted octanol–water partition coefficient (Wildman–Crippen LogP) is 10.8. The van der Waals surface area contributed by atoms with Crippen LogP contribution in [0.3, 0.4) is 0 Å². The molecule has 1 heterocycles. The van der Waals surface area contributed by atoms with E-state index in [9.17, 15) is 10.2 Å². The van der Waals surface area contributed by atoms with Gasteiger partial charge in [-0.05, 0) is 48.2 Å². The summed E-state index contributed by atoms with van der Waals surface area (Å²) in [5.41, 5.74) is 4.75. The van der Waals surface area contributed by atoms with Gasteiger partial charge in [-0.25, -0.2) is 0 Å². The van der Waals surface area contributed by atoms with Gasteiger partial charge in [-0.2, -0.15) is 0 Å². The average molecular weight is 616 g/mol. The number of rotatable bonds is 23. The summed E-state index contributed by atoms with van der Waals surface area (Å²) in [4.78, 5) is 0. The van der Waals surface area contributed by atoms with Gasteiger partial charge in [0.05, 0.1) is 43.1 Å². The van der Waals surface area contributed by atoms with Crippen LogP contribution in [-0.4, -0.2) is 28.0 Å². The van der Waals surface area contributed by atoms with Gasteiger partial charge in [0.2, 0.25) is 0 Å². The topological polar surface area (TPSA) is 63.9 Å². The van der Waals surface area contributed by atoms with Crippen LogP contribution in [0.1, 0.15) is 128 Å². The van der Waals surface area contributed by atoms with Crippen LogP contribution in [0.25, 0.3) is 27.5 Å². The molecule has 45 heavy (non-hydrogen) atoms. The lowest BCUT2D eigenvalue weighted by atomic mass is 10.1. The molecule has 5 heteroatoms. The van der Waals surface area contributed by atoms with Crippen molar-refractivity contribution in [2.75, 3.05) is 13.2 Å². The molecule has 0 saturated heterocycles. The highest BCUT2D eigenvalue weighted by Crippen LogP contribution is 2.37. The molecule has 3 aromatic carbocycles. The highest BCUT2D eigenvalue weighted by molar-refractivity contribution is 6.09.